The Morgan fingerprint density at radius 3 is 2.95 bits per heavy atom. The number of aromatic nitrogens is 5. The van der Waals surface area contributed by atoms with Gasteiger partial charge >= 0.3 is 5.69 Å². The van der Waals surface area contributed by atoms with E-state index in [1.165, 1.54) is 11.7 Å². The summed E-state index contributed by atoms with van der Waals surface area (Å²) >= 11 is 4.51. The lowest BCUT2D eigenvalue weighted by molar-refractivity contribution is 0.303. The molecule has 22 heavy (non-hydrogen) atoms. The second-order valence-corrected chi connectivity index (χ2v) is 6.04. The van der Waals surface area contributed by atoms with Crippen LogP contribution in [-0.4, -0.2) is 24.2 Å². The number of nitrogens with zero attached hydrogens (tertiary/aromatic N) is 5. The Balaban J connectivity index is 1.90. The monoisotopic (exact) mass is 383 g/mol. The third-order valence-electron chi connectivity index (χ3n) is 3.02. The van der Waals surface area contributed by atoms with Gasteiger partial charge in [-0.3, -0.25) is 0 Å². The Kier molecular flexibility index (Phi) is 3.73. The average molecular weight is 384 g/mol. The summed E-state index contributed by atoms with van der Waals surface area (Å²) in [5.74, 6) is 0.677. The van der Waals surface area contributed by atoms with E-state index in [1.807, 2.05) is 6.92 Å². The fraction of sp³-hybridized carbons (Fsp3) is 0.231. The molecule has 2 aromatic heterocycles. The molecule has 0 spiro atoms. The van der Waals surface area contributed by atoms with Crippen molar-refractivity contribution in [3.63, 3.8) is 0 Å². The summed E-state index contributed by atoms with van der Waals surface area (Å²) in [6.07, 6.45) is 0. The van der Waals surface area contributed by atoms with E-state index in [9.17, 15) is 4.79 Å². The lowest BCUT2D eigenvalue weighted by Crippen LogP contribution is -2.22. The van der Waals surface area contributed by atoms with Gasteiger partial charge < -0.3 is 4.74 Å². The predicted octanol–water partition coefficient (Wildman–Crippen LogP) is 2.07. The van der Waals surface area contributed by atoms with Crippen LogP contribution < -0.4 is 10.4 Å². The third-order valence-corrected chi connectivity index (χ3v) is 4.78. The molecular weight excluding hydrogens is 370 g/mol. The van der Waals surface area contributed by atoms with Crippen molar-refractivity contribution in [2.45, 2.75) is 13.5 Å². The average Bonchev–Trinajstić information content (AvgIpc) is 3.02. The predicted molar refractivity (Wildman–Crippen MR) is 85.5 cm³/mol. The van der Waals surface area contributed by atoms with Crippen LogP contribution in [0.15, 0.2) is 33.6 Å². The van der Waals surface area contributed by atoms with Gasteiger partial charge in [0.2, 0.25) is 0 Å². The van der Waals surface area contributed by atoms with E-state index < -0.39 is 0 Å². The Morgan fingerprint density at radius 2 is 2.27 bits per heavy atom. The third kappa shape index (κ3) is 2.69. The SMILES string of the molecule is [3H]c1ccc(OCc2c(Br)nsc2-n2nnn(C)c2=O)c(C)c1. The van der Waals surface area contributed by atoms with Crippen LogP contribution in [0.2, 0.25) is 0 Å². The van der Waals surface area contributed by atoms with E-state index in [0.717, 1.165) is 21.8 Å². The summed E-state index contributed by atoms with van der Waals surface area (Å²) in [7, 11) is 1.53. The van der Waals surface area contributed by atoms with Gasteiger partial charge in [0.05, 0.1) is 6.93 Å². The highest BCUT2D eigenvalue weighted by molar-refractivity contribution is 9.10. The van der Waals surface area contributed by atoms with Crippen LogP contribution in [0.1, 0.15) is 12.5 Å². The molecule has 0 radical (unpaired) electrons. The van der Waals surface area contributed by atoms with E-state index in [4.69, 9.17) is 6.11 Å². The van der Waals surface area contributed by atoms with E-state index in [1.54, 1.807) is 18.2 Å². The van der Waals surface area contributed by atoms with Crippen molar-refractivity contribution in [3.05, 3.63) is 50.5 Å². The van der Waals surface area contributed by atoms with E-state index in [-0.39, 0.29) is 12.3 Å². The minimum Gasteiger partial charge on any atom is -0.488 e. The molecule has 0 aliphatic heterocycles. The lowest BCUT2D eigenvalue weighted by atomic mass is 10.2. The van der Waals surface area contributed by atoms with Gasteiger partial charge in [0, 0.05) is 7.05 Å². The van der Waals surface area contributed by atoms with Crippen LogP contribution in [0.3, 0.4) is 0 Å². The summed E-state index contributed by atoms with van der Waals surface area (Å²) < 4.78 is 20.5. The van der Waals surface area contributed by atoms with E-state index >= 15 is 0 Å². The Morgan fingerprint density at radius 1 is 1.45 bits per heavy atom. The highest BCUT2D eigenvalue weighted by Crippen LogP contribution is 2.28. The molecule has 9 heteroatoms. The first-order valence-corrected chi connectivity index (χ1v) is 7.87. The molecule has 0 aliphatic carbocycles. The number of aryl methyl sites for hydroxylation is 2. The van der Waals surface area contributed by atoms with Crippen molar-refractivity contribution in [2.75, 3.05) is 0 Å². The first kappa shape index (κ1) is 13.6. The Hall–Kier alpha value is -2.00. The molecule has 0 atom stereocenters. The van der Waals surface area contributed by atoms with Crippen molar-refractivity contribution in [1.29, 1.82) is 0 Å². The van der Waals surface area contributed by atoms with Crippen molar-refractivity contribution in [3.8, 4) is 10.8 Å². The molecule has 2 heterocycles. The summed E-state index contributed by atoms with van der Waals surface area (Å²) in [6.45, 7) is 2.09. The number of benzene rings is 1. The molecule has 0 saturated heterocycles. The van der Waals surface area contributed by atoms with E-state index in [0.29, 0.717) is 27.0 Å². The summed E-state index contributed by atoms with van der Waals surface area (Å²) in [6, 6.07) is 5.57. The molecule has 7 nitrogen and oxygen atoms in total. The normalized spacial score (nSPS) is 11.5. The lowest BCUT2D eigenvalue weighted by Gasteiger charge is -2.09. The van der Waals surface area contributed by atoms with Crippen molar-refractivity contribution in [2.24, 2.45) is 7.05 Å². The molecule has 0 amide bonds. The summed E-state index contributed by atoms with van der Waals surface area (Å²) in [5.41, 5.74) is 1.24. The first-order chi connectivity index (χ1) is 11.0. The van der Waals surface area contributed by atoms with Crippen LogP contribution in [0.4, 0.5) is 0 Å². The number of ether oxygens (including phenoxy) is 1. The topological polar surface area (TPSA) is 74.8 Å². The second-order valence-electron chi connectivity index (χ2n) is 4.53. The molecule has 0 fully saturated rings. The zero-order chi connectivity index (χ0) is 16.6. The van der Waals surface area contributed by atoms with Gasteiger partial charge in [0.15, 0.2) is 5.00 Å². The Labute approximate surface area is 139 Å². The van der Waals surface area contributed by atoms with Gasteiger partial charge in [0.25, 0.3) is 0 Å². The molecule has 3 aromatic rings. The van der Waals surface area contributed by atoms with Gasteiger partial charge in [0.1, 0.15) is 17.0 Å². The van der Waals surface area contributed by atoms with Crippen LogP contribution in [0.25, 0.3) is 5.00 Å². The van der Waals surface area contributed by atoms with Crippen molar-refractivity contribution < 1.29 is 6.11 Å². The molecule has 0 saturated carbocycles. The molecule has 3 rings (SSSR count). The highest BCUT2D eigenvalue weighted by Gasteiger charge is 2.18. The second kappa shape index (κ2) is 6.01. The smallest absolute Gasteiger partial charge is 0.369 e. The number of hydrogen-bond acceptors (Lipinski definition) is 6. The fourth-order valence-corrected chi connectivity index (χ4v) is 3.21. The van der Waals surface area contributed by atoms with Crippen molar-refractivity contribution in [1.82, 2.24) is 24.2 Å². The number of rotatable bonds is 4. The van der Waals surface area contributed by atoms with Crippen LogP contribution in [-0.2, 0) is 13.7 Å². The van der Waals surface area contributed by atoms with Crippen LogP contribution >= 0.6 is 27.5 Å². The first-order valence-electron chi connectivity index (χ1n) is 6.81. The van der Waals surface area contributed by atoms with Gasteiger partial charge in [-0.05, 0) is 56.4 Å². The molecule has 0 aliphatic rings. The minimum absolute atomic E-state index is 0.216. The highest BCUT2D eigenvalue weighted by atomic mass is 79.9. The number of halogens is 1. The zero-order valence-corrected chi connectivity index (χ0v) is 14.2. The zero-order valence-electron chi connectivity index (χ0n) is 12.8. The number of para-hydroxylation sites is 1. The fourth-order valence-electron chi connectivity index (χ4n) is 1.82. The maximum atomic E-state index is 12.0. The molecule has 1 aromatic carbocycles. The van der Waals surface area contributed by atoms with Crippen LogP contribution in [0, 0.1) is 6.92 Å². The molecule has 0 unspecified atom stereocenters. The maximum Gasteiger partial charge on any atom is 0.369 e. The standard InChI is InChI=1S/C13H12BrN5O2S/c1-8-5-3-4-6-10(8)21-7-9-11(14)15-22-12(9)19-13(20)18(2)16-17-19/h3-6H,7H2,1-2H3/i3T. The number of tetrazole rings is 1. The molecule has 114 valence electrons. The molecule has 0 bridgehead atoms. The largest absolute Gasteiger partial charge is 0.488 e. The molecular formula is C13H12BrN5O2S. The summed E-state index contributed by atoms with van der Waals surface area (Å²) in [4.78, 5) is 12.0. The minimum atomic E-state index is -0.350. The van der Waals surface area contributed by atoms with Gasteiger partial charge in [-0.2, -0.15) is 9.06 Å². The quantitative estimate of drug-likeness (QED) is 0.689. The van der Waals surface area contributed by atoms with E-state index in [2.05, 4.69) is 30.7 Å². The number of hydrogen-bond donors (Lipinski definition) is 0. The van der Waals surface area contributed by atoms with Gasteiger partial charge in [-0.15, -0.1) is 4.68 Å². The Bertz CT molecular complexity index is 919. The van der Waals surface area contributed by atoms with Crippen molar-refractivity contribution >= 4 is 27.5 Å². The van der Waals surface area contributed by atoms with Gasteiger partial charge in [-0.1, -0.05) is 18.2 Å². The van der Waals surface area contributed by atoms with Gasteiger partial charge in [-0.25, -0.2) is 4.79 Å². The van der Waals surface area contributed by atoms with Crippen LogP contribution in [0.5, 0.6) is 5.75 Å². The maximum absolute atomic E-state index is 12.0. The molecule has 0 N–H and O–H groups in total. The summed E-state index contributed by atoms with van der Waals surface area (Å²) in [5, 5.41) is 8.09.